The summed E-state index contributed by atoms with van der Waals surface area (Å²) in [5.41, 5.74) is 4.52. The van der Waals surface area contributed by atoms with Crippen LogP contribution in [0.25, 0.3) is 0 Å². The van der Waals surface area contributed by atoms with Gasteiger partial charge in [-0.3, -0.25) is 0 Å². The molecule has 6 heteroatoms. The number of phenolic OH excluding ortho intramolecular Hbond substituents is 2. The molecule has 0 saturated carbocycles. The molecule has 0 radical (unpaired) electrons. The minimum atomic E-state index is 0.188. The van der Waals surface area contributed by atoms with Crippen LogP contribution < -0.4 is 9.47 Å². The van der Waals surface area contributed by atoms with Gasteiger partial charge in [-0.25, -0.2) is 0 Å². The van der Waals surface area contributed by atoms with Crippen molar-refractivity contribution in [3.63, 3.8) is 0 Å². The van der Waals surface area contributed by atoms with Gasteiger partial charge in [0.2, 0.25) is 0 Å². The van der Waals surface area contributed by atoms with E-state index in [-0.39, 0.29) is 23.3 Å². The Morgan fingerprint density at radius 2 is 1.14 bits per heavy atom. The number of hydrogen-bond acceptors (Lipinski definition) is 6. The van der Waals surface area contributed by atoms with Crippen LogP contribution in [-0.2, 0) is 12.8 Å². The zero-order valence-electron chi connectivity index (χ0n) is 28.7. The Kier molecular flexibility index (Phi) is 18.7. The van der Waals surface area contributed by atoms with Crippen molar-refractivity contribution >= 4 is 0 Å². The van der Waals surface area contributed by atoms with Gasteiger partial charge in [0.1, 0.15) is 0 Å². The third-order valence-corrected chi connectivity index (χ3v) is 8.67. The number of aromatic hydroxyl groups is 2. The zero-order valence-corrected chi connectivity index (χ0v) is 28.7. The average Bonchev–Trinajstić information content (AvgIpc) is 3.00. The summed E-state index contributed by atoms with van der Waals surface area (Å²) < 4.78 is 10.5. The largest absolute Gasteiger partial charge is 0.504 e. The Balaban J connectivity index is 0.000000442. The standard InChI is InChI=1S/C20H31NO2.C18H27NO2/c1-15(9-7-5-6-8-10-16(2)14-21)13-18-11-12-19(22)20(23-4)17(18)3;1-5-6-15(12-19)8-7-13(2)11-16-9-10-17(20)18(21-4)14(16)3/h11-12,15-16,22H,5-10,13H2,1-4H3;9-10,13,15,20H,5-8,11H2,1-4H3. The van der Waals surface area contributed by atoms with Crippen LogP contribution in [0.3, 0.4) is 0 Å². The maximum atomic E-state index is 9.79. The summed E-state index contributed by atoms with van der Waals surface area (Å²) in [4.78, 5) is 0. The second kappa shape index (κ2) is 21.3. The number of nitrogens with zero attached hydrogens (tertiary/aromatic N) is 2. The highest BCUT2D eigenvalue weighted by Gasteiger charge is 2.15. The first-order chi connectivity index (χ1) is 21.0. The molecule has 6 nitrogen and oxygen atoms in total. The van der Waals surface area contributed by atoms with Crippen molar-refractivity contribution in [3.05, 3.63) is 46.5 Å². The van der Waals surface area contributed by atoms with Gasteiger partial charge < -0.3 is 19.7 Å². The monoisotopic (exact) mass is 606 g/mol. The van der Waals surface area contributed by atoms with Crippen LogP contribution in [-0.4, -0.2) is 24.4 Å². The number of methoxy groups -OCH3 is 2. The molecule has 0 saturated heterocycles. The molecular weight excluding hydrogens is 548 g/mol. The van der Waals surface area contributed by atoms with Gasteiger partial charge in [-0.1, -0.05) is 71.4 Å². The second-order valence-electron chi connectivity index (χ2n) is 12.6. The lowest BCUT2D eigenvalue weighted by Gasteiger charge is -2.17. The predicted octanol–water partition coefficient (Wildman–Crippen LogP) is 10.00. The van der Waals surface area contributed by atoms with Gasteiger partial charge in [-0.05, 0) is 106 Å². The number of rotatable bonds is 18. The molecular formula is C38H58N2O4. The van der Waals surface area contributed by atoms with Gasteiger partial charge in [0.25, 0.3) is 0 Å². The maximum absolute atomic E-state index is 9.79. The normalized spacial score (nSPS) is 13.4. The van der Waals surface area contributed by atoms with Gasteiger partial charge in [0.15, 0.2) is 23.0 Å². The van der Waals surface area contributed by atoms with Crippen molar-refractivity contribution in [1.82, 2.24) is 0 Å². The number of nitriles is 2. The van der Waals surface area contributed by atoms with Gasteiger partial charge in [-0.15, -0.1) is 0 Å². The maximum Gasteiger partial charge on any atom is 0.163 e. The minimum Gasteiger partial charge on any atom is -0.504 e. The van der Waals surface area contributed by atoms with Crippen LogP contribution in [0.4, 0.5) is 0 Å². The number of unbranched alkanes of at least 4 members (excludes halogenated alkanes) is 3. The highest BCUT2D eigenvalue weighted by molar-refractivity contribution is 5.50. The van der Waals surface area contributed by atoms with Crippen molar-refractivity contribution in [2.75, 3.05) is 14.2 Å². The fraction of sp³-hybridized carbons (Fsp3) is 0.632. The van der Waals surface area contributed by atoms with Crippen LogP contribution >= 0.6 is 0 Å². The molecule has 0 aliphatic rings. The summed E-state index contributed by atoms with van der Waals surface area (Å²) in [5.74, 6) is 3.11. The molecule has 0 fully saturated rings. The van der Waals surface area contributed by atoms with E-state index in [9.17, 15) is 10.2 Å². The Bertz CT molecular complexity index is 1200. The first-order valence-corrected chi connectivity index (χ1v) is 16.5. The Morgan fingerprint density at radius 3 is 1.57 bits per heavy atom. The van der Waals surface area contributed by atoms with Gasteiger partial charge in [0.05, 0.1) is 26.4 Å². The smallest absolute Gasteiger partial charge is 0.163 e. The first-order valence-electron chi connectivity index (χ1n) is 16.5. The van der Waals surface area contributed by atoms with Crippen molar-refractivity contribution < 1.29 is 19.7 Å². The summed E-state index contributed by atoms with van der Waals surface area (Å²) >= 11 is 0. The van der Waals surface area contributed by atoms with Crippen molar-refractivity contribution in [1.29, 1.82) is 10.5 Å². The van der Waals surface area contributed by atoms with E-state index in [1.165, 1.54) is 36.8 Å². The fourth-order valence-electron chi connectivity index (χ4n) is 5.82. The van der Waals surface area contributed by atoms with E-state index >= 15 is 0 Å². The molecule has 4 unspecified atom stereocenters. The van der Waals surface area contributed by atoms with Gasteiger partial charge >= 0.3 is 0 Å². The number of phenols is 2. The molecule has 0 aliphatic heterocycles. The van der Waals surface area contributed by atoms with Crippen LogP contribution in [0.5, 0.6) is 23.0 Å². The number of ether oxygens (including phenoxy) is 2. The van der Waals surface area contributed by atoms with Crippen molar-refractivity contribution in [3.8, 4) is 35.1 Å². The van der Waals surface area contributed by atoms with Crippen LogP contribution in [0.2, 0.25) is 0 Å². The van der Waals surface area contributed by atoms with E-state index in [0.717, 1.165) is 62.5 Å². The molecule has 4 atom stereocenters. The predicted molar refractivity (Wildman–Crippen MR) is 180 cm³/mol. The molecule has 0 aliphatic carbocycles. The van der Waals surface area contributed by atoms with Crippen LogP contribution in [0, 0.1) is 60.2 Å². The van der Waals surface area contributed by atoms with Crippen LogP contribution in [0.1, 0.15) is 114 Å². The molecule has 0 spiro atoms. The second-order valence-corrected chi connectivity index (χ2v) is 12.6. The quantitative estimate of drug-likeness (QED) is 0.164. The van der Waals surface area contributed by atoms with Gasteiger partial charge in [0, 0.05) is 11.8 Å². The summed E-state index contributed by atoms with van der Waals surface area (Å²) in [7, 11) is 3.18. The molecule has 2 aromatic carbocycles. The lowest BCUT2D eigenvalue weighted by atomic mass is 9.89. The minimum absolute atomic E-state index is 0.188. The third kappa shape index (κ3) is 13.5. The summed E-state index contributed by atoms with van der Waals surface area (Å²) in [5, 5.41) is 37.4. The molecule has 2 N–H and O–H groups in total. The van der Waals surface area contributed by atoms with Crippen LogP contribution in [0.15, 0.2) is 24.3 Å². The Morgan fingerprint density at radius 1 is 0.659 bits per heavy atom. The van der Waals surface area contributed by atoms with E-state index in [1.54, 1.807) is 26.4 Å². The lowest BCUT2D eigenvalue weighted by Crippen LogP contribution is -2.06. The Hall–Kier alpha value is -3.38. The Labute approximate surface area is 268 Å². The molecule has 0 aromatic heterocycles. The molecule has 0 amide bonds. The van der Waals surface area contributed by atoms with E-state index in [2.05, 4.69) is 32.9 Å². The molecule has 44 heavy (non-hydrogen) atoms. The number of benzene rings is 2. The lowest BCUT2D eigenvalue weighted by molar-refractivity contribution is 0.369. The highest BCUT2D eigenvalue weighted by Crippen LogP contribution is 2.34. The van der Waals surface area contributed by atoms with E-state index in [4.69, 9.17) is 20.0 Å². The first kappa shape index (κ1) is 38.6. The average molecular weight is 607 g/mol. The molecule has 244 valence electrons. The SMILES string of the molecule is CCCC(C#N)CCC(C)Cc1ccc(O)c(OC)c1C.COc1c(O)ccc(CC(C)CCCCCCC(C)C#N)c1C. The van der Waals surface area contributed by atoms with Crippen molar-refractivity contribution in [2.24, 2.45) is 23.7 Å². The number of hydrogen-bond donors (Lipinski definition) is 2. The van der Waals surface area contributed by atoms with E-state index < -0.39 is 0 Å². The topological polar surface area (TPSA) is 106 Å². The highest BCUT2D eigenvalue weighted by atomic mass is 16.5. The van der Waals surface area contributed by atoms with E-state index in [0.29, 0.717) is 23.3 Å². The van der Waals surface area contributed by atoms with E-state index in [1.807, 2.05) is 32.9 Å². The van der Waals surface area contributed by atoms with Gasteiger partial charge in [-0.2, -0.15) is 10.5 Å². The van der Waals surface area contributed by atoms with Crippen molar-refractivity contribution in [2.45, 2.75) is 119 Å². The summed E-state index contributed by atoms with van der Waals surface area (Å²) in [6.45, 7) is 12.6. The zero-order chi connectivity index (χ0) is 33.1. The summed E-state index contributed by atoms with van der Waals surface area (Å²) in [6, 6.07) is 12.1. The molecule has 0 heterocycles. The molecule has 2 aromatic rings. The molecule has 2 rings (SSSR count). The summed E-state index contributed by atoms with van der Waals surface area (Å²) in [6.07, 6.45) is 13.2. The fourth-order valence-corrected chi connectivity index (χ4v) is 5.82. The third-order valence-electron chi connectivity index (χ3n) is 8.67. The molecule has 0 bridgehead atoms.